The van der Waals surface area contributed by atoms with Gasteiger partial charge in [0.25, 0.3) is 5.91 Å². The third-order valence-electron chi connectivity index (χ3n) is 8.39. The summed E-state index contributed by atoms with van der Waals surface area (Å²) < 4.78 is 5.62. The van der Waals surface area contributed by atoms with E-state index < -0.39 is 5.41 Å². The molecule has 1 aromatic heterocycles. The molecule has 0 bridgehead atoms. The van der Waals surface area contributed by atoms with E-state index in [0.29, 0.717) is 48.0 Å². The second-order valence-electron chi connectivity index (χ2n) is 11.7. The number of carbonyl (C=O) groups excluding carboxylic acids is 2. The Balaban J connectivity index is 1.41. The molecular formula is C29H40N6O3. The Morgan fingerprint density at radius 3 is 2.61 bits per heavy atom. The minimum Gasteiger partial charge on any atom is -0.495 e. The molecule has 1 aliphatic heterocycles. The molecule has 5 rings (SSSR count). The van der Waals surface area contributed by atoms with Gasteiger partial charge in [0, 0.05) is 37.2 Å². The molecule has 0 unspecified atom stereocenters. The zero-order valence-corrected chi connectivity index (χ0v) is 23.0. The summed E-state index contributed by atoms with van der Waals surface area (Å²) in [4.78, 5) is 39.6. The zero-order valence-electron chi connectivity index (χ0n) is 23.0. The van der Waals surface area contributed by atoms with E-state index in [0.717, 1.165) is 30.9 Å². The summed E-state index contributed by atoms with van der Waals surface area (Å²) in [6, 6.07) is 5.72. The Labute approximate surface area is 225 Å². The van der Waals surface area contributed by atoms with Crippen molar-refractivity contribution in [1.29, 1.82) is 0 Å². The van der Waals surface area contributed by atoms with Crippen molar-refractivity contribution in [2.24, 2.45) is 11.3 Å². The highest BCUT2D eigenvalue weighted by molar-refractivity contribution is 5.95. The number of fused-ring (bicyclic) bond motifs is 1. The third-order valence-corrected chi connectivity index (χ3v) is 8.39. The number of Topliss-reactive ketones (excluding diaryl/α,β-unsaturated/α-hetero) is 1. The second kappa shape index (κ2) is 10.8. The maximum atomic E-state index is 13.1. The van der Waals surface area contributed by atoms with E-state index in [4.69, 9.17) is 9.72 Å². The van der Waals surface area contributed by atoms with Crippen molar-refractivity contribution in [2.75, 3.05) is 48.9 Å². The number of rotatable bonds is 7. The van der Waals surface area contributed by atoms with Gasteiger partial charge in [-0.2, -0.15) is 4.98 Å². The molecule has 1 amide bonds. The maximum absolute atomic E-state index is 13.1. The minimum atomic E-state index is -0.481. The number of ether oxygens (including phenoxy) is 1. The lowest BCUT2D eigenvalue weighted by molar-refractivity contribution is -0.125. The fourth-order valence-corrected chi connectivity index (χ4v) is 5.62. The average Bonchev–Trinajstić information content (AvgIpc) is 3.40. The summed E-state index contributed by atoms with van der Waals surface area (Å²) in [5.74, 6) is 2.58. The molecule has 3 aliphatic rings. The van der Waals surface area contributed by atoms with E-state index in [2.05, 4.69) is 20.5 Å². The first-order valence-electron chi connectivity index (χ1n) is 13.9. The van der Waals surface area contributed by atoms with Crippen molar-refractivity contribution >= 4 is 34.8 Å². The fraction of sp³-hybridized carbons (Fsp3) is 0.586. The van der Waals surface area contributed by atoms with Crippen LogP contribution in [0, 0.1) is 11.3 Å². The van der Waals surface area contributed by atoms with E-state index in [1.807, 2.05) is 31.9 Å². The molecule has 0 spiro atoms. The summed E-state index contributed by atoms with van der Waals surface area (Å²) in [7, 11) is 3.52. The molecule has 0 atom stereocenters. The number of aromatic nitrogens is 2. The highest BCUT2D eigenvalue weighted by atomic mass is 16.5. The molecule has 9 nitrogen and oxygen atoms in total. The van der Waals surface area contributed by atoms with Gasteiger partial charge in [-0.1, -0.05) is 33.1 Å². The molecular weight excluding hydrogens is 480 g/mol. The van der Waals surface area contributed by atoms with Crippen molar-refractivity contribution in [3.8, 4) is 5.75 Å². The monoisotopic (exact) mass is 520 g/mol. The van der Waals surface area contributed by atoms with Crippen molar-refractivity contribution < 1.29 is 14.3 Å². The molecule has 2 saturated carbocycles. The smallest absolute Gasteiger partial charge is 0.251 e. The average molecular weight is 521 g/mol. The van der Waals surface area contributed by atoms with Crippen LogP contribution in [0.25, 0.3) is 0 Å². The zero-order chi connectivity index (χ0) is 26.9. The van der Waals surface area contributed by atoms with Crippen molar-refractivity contribution in [2.45, 2.75) is 64.8 Å². The number of hydrogen-bond donors (Lipinski definition) is 2. The molecule has 1 aromatic carbocycles. The summed E-state index contributed by atoms with van der Waals surface area (Å²) in [6.07, 6.45) is 10.0. The molecule has 0 radical (unpaired) electrons. The summed E-state index contributed by atoms with van der Waals surface area (Å²) in [6.45, 7) is 5.74. The molecule has 2 heterocycles. The molecule has 2 N–H and O–H groups in total. The van der Waals surface area contributed by atoms with Crippen LogP contribution < -0.4 is 25.2 Å². The van der Waals surface area contributed by atoms with E-state index in [1.54, 1.807) is 25.4 Å². The molecule has 0 saturated heterocycles. The lowest BCUT2D eigenvalue weighted by Gasteiger charge is -2.41. The Morgan fingerprint density at radius 1 is 1.16 bits per heavy atom. The van der Waals surface area contributed by atoms with Gasteiger partial charge in [-0.15, -0.1) is 0 Å². The number of hydrogen-bond acceptors (Lipinski definition) is 8. The number of nitrogens with zero attached hydrogens (tertiary/aromatic N) is 4. The number of benzene rings is 1. The van der Waals surface area contributed by atoms with Gasteiger partial charge in [0.2, 0.25) is 5.95 Å². The number of likely N-dealkylation sites (N-methyl/N-ethyl adjacent to an activating group) is 1. The second-order valence-corrected chi connectivity index (χ2v) is 11.7. The molecule has 2 aliphatic carbocycles. The van der Waals surface area contributed by atoms with Crippen LogP contribution in [0.4, 0.5) is 23.1 Å². The van der Waals surface area contributed by atoms with Crippen LogP contribution in [0.3, 0.4) is 0 Å². The first-order valence-corrected chi connectivity index (χ1v) is 13.9. The Morgan fingerprint density at radius 2 is 1.92 bits per heavy atom. The first kappa shape index (κ1) is 26.3. The molecule has 38 heavy (non-hydrogen) atoms. The van der Waals surface area contributed by atoms with Crippen LogP contribution in [0.5, 0.6) is 5.75 Å². The van der Waals surface area contributed by atoms with E-state index in [9.17, 15) is 9.59 Å². The predicted molar refractivity (Wildman–Crippen MR) is 150 cm³/mol. The molecule has 2 fully saturated rings. The van der Waals surface area contributed by atoms with E-state index >= 15 is 0 Å². The van der Waals surface area contributed by atoms with Gasteiger partial charge in [-0.05, 0) is 49.8 Å². The van der Waals surface area contributed by atoms with Gasteiger partial charge >= 0.3 is 0 Å². The first-order chi connectivity index (χ1) is 18.2. The van der Waals surface area contributed by atoms with E-state index in [-0.39, 0.29) is 11.7 Å². The van der Waals surface area contributed by atoms with E-state index in [1.165, 1.54) is 32.1 Å². The van der Waals surface area contributed by atoms with Gasteiger partial charge in [0.1, 0.15) is 5.75 Å². The van der Waals surface area contributed by atoms with Crippen molar-refractivity contribution in [3.05, 3.63) is 30.0 Å². The molecule has 9 heteroatoms. The number of anilines is 4. The Kier molecular flexibility index (Phi) is 7.45. The number of carbonyl (C=O) groups is 2. The van der Waals surface area contributed by atoms with Crippen LogP contribution in [-0.2, 0) is 4.79 Å². The summed E-state index contributed by atoms with van der Waals surface area (Å²) >= 11 is 0. The van der Waals surface area contributed by atoms with Crippen LogP contribution in [0.15, 0.2) is 24.4 Å². The van der Waals surface area contributed by atoms with Crippen LogP contribution in [0.2, 0.25) is 0 Å². The number of nitrogens with one attached hydrogen (secondary N) is 2. The van der Waals surface area contributed by atoms with Gasteiger partial charge in [0.15, 0.2) is 11.6 Å². The normalized spacial score (nSPS) is 19.8. The van der Waals surface area contributed by atoms with Crippen LogP contribution >= 0.6 is 0 Å². The predicted octanol–water partition coefficient (Wildman–Crippen LogP) is 4.55. The van der Waals surface area contributed by atoms with Crippen molar-refractivity contribution in [1.82, 2.24) is 15.3 Å². The van der Waals surface area contributed by atoms with Crippen LogP contribution in [0.1, 0.15) is 69.2 Å². The summed E-state index contributed by atoms with van der Waals surface area (Å²) in [5.41, 5.74) is 1.62. The third kappa shape index (κ3) is 5.42. The lowest BCUT2D eigenvalue weighted by Crippen LogP contribution is -2.49. The SMILES string of the molecule is COc1cc(C(=O)NCC2CCC2)ccc1Nc1ncc2c(n1)N(C1CCCC1)CC(C)(C)C(=O)CN2C. The van der Waals surface area contributed by atoms with Gasteiger partial charge in [-0.25, -0.2) is 4.98 Å². The number of methoxy groups -OCH3 is 1. The standard InChI is InChI=1S/C29H40N6O3/c1-29(2)18-35(21-10-5-6-11-21)26-23(34(3)17-25(29)36)16-31-28(33-26)32-22-13-12-20(14-24(22)38-4)27(37)30-15-19-8-7-9-19/h12-14,16,19,21H,5-11,15,17-18H2,1-4H3,(H,30,37)(H,31,32,33). The number of amides is 1. The molecule has 2 aromatic rings. The number of ketones is 1. The topological polar surface area (TPSA) is 99.7 Å². The van der Waals surface area contributed by atoms with Gasteiger partial charge in [0.05, 0.1) is 31.2 Å². The quantitative estimate of drug-likeness (QED) is 0.549. The Bertz CT molecular complexity index is 1190. The lowest BCUT2D eigenvalue weighted by atomic mass is 9.85. The van der Waals surface area contributed by atoms with Crippen molar-refractivity contribution in [3.63, 3.8) is 0 Å². The highest BCUT2D eigenvalue weighted by Gasteiger charge is 2.38. The highest BCUT2D eigenvalue weighted by Crippen LogP contribution is 2.39. The minimum absolute atomic E-state index is 0.0912. The fourth-order valence-electron chi connectivity index (χ4n) is 5.62. The van der Waals surface area contributed by atoms with Crippen LogP contribution in [-0.4, -0.2) is 61.5 Å². The largest absolute Gasteiger partial charge is 0.495 e. The molecule has 204 valence electrons. The Hall–Kier alpha value is -3.36. The van der Waals surface area contributed by atoms with Gasteiger partial charge in [-0.3, -0.25) is 9.59 Å². The maximum Gasteiger partial charge on any atom is 0.251 e. The summed E-state index contributed by atoms with van der Waals surface area (Å²) in [5, 5.41) is 6.35. The van der Waals surface area contributed by atoms with Gasteiger partial charge < -0.3 is 25.2 Å².